The molecule has 0 amide bonds. The summed E-state index contributed by atoms with van der Waals surface area (Å²) in [4.78, 5) is 14.8. The summed E-state index contributed by atoms with van der Waals surface area (Å²) in [5.74, 6) is -0.856. The molecule has 0 saturated heterocycles. The van der Waals surface area contributed by atoms with Crippen molar-refractivity contribution in [2.75, 3.05) is 11.0 Å². The Morgan fingerprint density at radius 1 is 1.26 bits per heavy atom. The van der Waals surface area contributed by atoms with Crippen LogP contribution < -0.4 is 4.72 Å². The number of nitrogens with one attached hydrogen (secondary N) is 1. The summed E-state index contributed by atoms with van der Waals surface area (Å²) in [5, 5.41) is 8.76. The molecule has 0 aliphatic rings. The molecule has 2 N–H and O–H groups in total. The standard InChI is InChI=1S/C16H18N2O4S/c1-11-3-5-14(18-23(2,21)22)8-15(11)13-7-12(9-17-10-13)4-6-16(19)20/h3,5,7-10,18H,4,6H2,1-2H3,(H,19,20). The van der Waals surface area contributed by atoms with Gasteiger partial charge in [0.15, 0.2) is 0 Å². The fraction of sp³-hybridized carbons (Fsp3) is 0.250. The molecule has 0 saturated carbocycles. The zero-order valence-corrected chi connectivity index (χ0v) is 13.7. The van der Waals surface area contributed by atoms with Gasteiger partial charge in [-0.3, -0.25) is 14.5 Å². The van der Waals surface area contributed by atoms with E-state index in [9.17, 15) is 13.2 Å². The minimum atomic E-state index is -3.35. The third-order valence-corrected chi connectivity index (χ3v) is 3.88. The minimum Gasteiger partial charge on any atom is -0.481 e. The zero-order chi connectivity index (χ0) is 17.0. The van der Waals surface area contributed by atoms with Crippen LogP contribution >= 0.6 is 0 Å². The van der Waals surface area contributed by atoms with E-state index in [2.05, 4.69) is 9.71 Å². The largest absolute Gasteiger partial charge is 0.481 e. The molecule has 2 aromatic rings. The van der Waals surface area contributed by atoms with Gasteiger partial charge in [0.05, 0.1) is 6.26 Å². The molecule has 122 valence electrons. The molecule has 23 heavy (non-hydrogen) atoms. The Morgan fingerprint density at radius 3 is 2.65 bits per heavy atom. The molecule has 0 spiro atoms. The van der Waals surface area contributed by atoms with Crippen LogP contribution in [0.2, 0.25) is 0 Å². The third-order valence-electron chi connectivity index (χ3n) is 3.27. The van der Waals surface area contributed by atoms with E-state index in [4.69, 9.17) is 5.11 Å². The van der Waals surface area contributed by atoms with Crippen molar-refractivity contribution in [1.29, 1.82) is 0 Å². The van der Waals surface area contributed by atoms with Crippen LogP contribution in [0.4, 0.5) is 5.69 Å². The molecule has 1 aromatic carbocycles. The fourth-order valence-electron chi connectivity index (χ4n) is 2.23. The summed E-state index contributed by atoms with van der Waals surface area (Å²) in [5.41, 5.74) is 3.95. The summed E-state index contributed by atoms with van der Waals surface area (Å²) in [6.45, 7) is 1.92. The normalized spacial score (nSPS) is 11.2. The number of hydrogen-bond donors (Lipinski definition) is 2. The SMILES string of the molecule is Cc1ccc(NS(C)(=O)=O)cc1-c1cncc(CCC(=O)O)c1. The van der Waals surface area contributed by atoms with Crippen molar-refractivity contribution in [2.45, 2.75) is 19.8 Å². The quantitative estimate of drug-likeness (QED) is 0.846. The van der Waals surface area contributed by atoms with Gasteiger partial charge in [-0.25, -0.2) is 8.42 Å². The van der Waals surface area contributed by atoms with Crippen LogP contribution in [0.25, 0.3) is 11.1 Å². The monoisotopic (exact) mass is 334 g/mol. The van der Waals surface area contributed by atoms with Gasteiger partial charge in [0.25, 0.3) is 0 Å². The number of sulfonamides is 1. The molecule has 0 fully saturated rings. The van der Waals surface area contributed by atoms with Crippen LogP contribution in [-0.2, 0) is 21.2 Å². The molecule has 0 radical (unpaired) electrons. The van der Waals surface area contributed by atoms with Crippen LogP contribution in [0.3, 0.4) is 0 Å². The smallest absolute Gasteiger partial charge is 0.303 e. The zero-order valence-electron chi connectivity index (χ0n) is 12.9. The highest BCUT2D eigenvalue weighted by Crippen LogP contribution is 2.27. The number of hydrogen-bond acceptors (Lipinski definition) is 4. The van der Waals surface area contributed by atoms with Crippen LogP contribution in [0.5, 0.6) is 0 Å². The number of nitrogens with zero attached hydrogens (tertiary/aromatic N) is 1. The van der Waals surface area contributed by atoms with E-state index in [0.717, 1.165) is 28.5 Å². The second-order valence-corrected chi connectivity index (χ2v) is 7.13. The van der Waals surface area contributed by atoms with E-state index in [1.807, 2.05) is 19.1 Å². The Hall–Kier alpha value is -2.41. The second kappa shape index (κ2) is 6.78. The van der Waals surface area contributed by atoms with E-state index in [1.165, 1.54) is 0 Å². The van der Waals surface area contributed by atoms with E-state index >= 15 is 0 Å². The maximum atomic E-state index is 11.4. The molecule has 6 nitrogen and oxygen atoms in total. The minimum absolute atomic E-state index is 0.0415. The van der Waals surface area contributed by atoms with Crippen molar-refractivity contribution < 1.29 is 18.3 Å². The number of benzene rings is 1. The predicted octanol–water partition coefficient (Wildman–Crippen LogP) is 2.45. The number of rotatable bonds is 6. The average Bonchev–Trinajstić information content (AvgIpc) is 2.46. The van der Waals surface area contributed by atoms with Crippen LogP contribution in [0.1, 0.15) is 17.5 Å². The summed E-state index contributed by atoms with van der Waals surface area (Å²) >= 11 is 0. The number of carbonyl (C=O) groups is 1. The molecule has 0 aliphatic heterocycles. The van der Waals surface area contributed by atoms with Crippen molar-refractivity contribution in [3.63, 3.8) is 0 Å². The van der Waals surface area contributed by atoms with Gasteiger partial charge in [-0.2, -0.15) is 0 Å². The van der Waals surface area contributed by atoms with Crippen LogP contribution in [0.15, 0.2) is 36.7 Å². The molecule has 0 aliphatic carbocycles. The lowest BCUT2D eigenvalue weighted by Gasteiger charge is -2.11. The van der Waals surface area contributed by atoms with Gasteiger partial charge in [0, 0.05) is 30.1 Å². The molecule has 1 heterocycles. The Balaban J connectivity index is 2.35. The Morgan fingerprint density at radius 2 is 2.00 bits per heavy atom. The maximum absolute atomic E-state index is 11.4. The average molecular weight is 334 g/mol. The molecule has 7 heteroatoms. The number of pyridine rings is 1. The lowest BCUT2D eigenvalue weighted by Crippen LogP contribution is -2.09. The topological polar surface area (TPSA) is 96.4 Å². The van der Waals surface area contributed by atoms with Gasteiger partial charge >= 0.3 is 5.97 Å². The lowest BCUT2D eigenvalue weighted by molar-refractivity contribution is -0.136. The molecule has 0 atom stereocenters. The lowest BCUT2D eigenvalue weighted by atomic mass is 9.99. The molecule has 1 aromatic heterocycles. The number of aromatic nitrogens is 1. The fourth-order valence-corrected chi connectivity index (χ4v) is 2.79. The van der Waals surface area contributed by atoms with E-state index in [-0.39, 0.29) is 6.42 Å². The molecule has 0 bridgehead atoms. The number of carboxylic acids is 1. The first-order valence-electron chi connectivity index (χ1n) is 6.99. The molecular weight excluding hydrogens is 316 g/mol. The second-order valence-electron chi connectivity index (χ2n) is 5.38. The van der Waals surface area contributed by atoms with Gasteiger partial charge in [-0.15, -0.1) is 0 Å². The van der Waals surface area contributed by atoms with Crippen molar-refractivity contribution in [2.24, 2.45) is 0 Å². The highest BCUT2D eigenvalue weighted by Gasteiger charge is 2.08. The highest BCUT2D eigenvalue weighted by atomic mass is 32.2. The van der Waals surface area contributed by atoms with Gasteiger partial charge in [0.1, 0.15) is 0 Å². The predicted molar refractivity (Wildman–Crippen MR) is 88.8 cm³/mol. The number of anilines is 1. The number of aryl methyl sites for hydroxylation is 2. The van der Waals surface area contributed by atoms with Crippen molar-refractivity contribution in [3.8, 4) is 11.1 Å². The third kappa shape index (κ3) is 5.07. The Labute approximate surface area is 135 Å². The van der Waals surface area contributed by atoms with Crippen molar-refractivity contribution in [1.82, 2.24) is 4.98 Å². The van der Waals surface area contributed by atoms with Gasteiger partial charge in [0.2, 0.25) is 10.0 Å². The summed E-state index contributed by atoms with van der Waals surface area (Å²) < 4.78 is 25.2. The van der Waals surface area contributed by atoms with Crippen molar-refractivity contribution in [3.05, 3.63) is 47.8 Å². The van der Waals surface area contributed by atoms with Gasteiger partial charge in [-0.1, -0.05) is 6.07 Å². The maximum Gasteiger partial charge on any atom is 0.303 e. The summed E-state index contributed by atoms with van der Waals surface area (Å²) in [6, 6.07) is 7.14. The number of aliphatic carboxylic acids is 1. The number of carboxylic acid groups (broad SMARTS) is 1. The Bertz CT molecular complexity index is 832. The van der Waals surface area contributed by atoms with Crippen LogP contribution in [0, 0.1) is 6.92 Å². The van der Waals surface area contributed by atoms with E-state index in [0.29, 0.717) is 12.1 Å². The first-order valence-corrected chi connectivity index (χ1v) is 8.88. The first kappa shape index (κ1) is 17.0. The van der Waals surface area contributed by atoms with E-state index in [1.54, 1.807) is 24.5 Å². The van der Waals surface area contributed by atoms with Crippen molar-refractivity contribution >= 4 is 21.7 Å². The highest BCUT2D eigenvalue weighted by molar-refractivity contribution is 7.92. The first-order chi connectivity index (χ1) is 10.7. The summed E-state index contributed by atoms with van der Waals surface area (Å²) in [7, 11) is -3.35. The van der Waals surface area contributed by atoms with Gasteiger partial charge in [-0.05, 0) is 48.2 Å². The van der Waals surface area contributed by atoms with Gasteiger partial charge < -0.3 is 5.11 Å². The molecular formula is C16H18N2O4S. The Kier molecular flexibility index (Phi) is 5.00. The molecule has 2 rings (SSSR count). The summed E-state index contributed by atoms with van der Waals surface area (Å²) in [6.07, 6.45) is 4.86. The molecule has 0 unspecified atom stereocenters. The van der Waals surface area contributed by atoms with Crippen LogP contribution in [-0.4, -0.2) is 30.7 Å². The van der Waals surface area contributed by atoms with E-state index < -0.39 is 16.0 Å².